The molecule has 0 atom stereocenters. The summed E-state index contributed by atoms with van der Waals surface area (Å²) in [5.41, 5.74) is 3.03. The molecule has 31 heavy (non-hydrogen) atoms. The molecule has 8 heteroatoms. The molecular formula is C23H26N4O4. The number of hydrogen-bond donors (Lipinski definition) is 2. The zero-order valence-electron chi connectivity index (χ0n) is 17.7. The number of ether oxygens (including phenoxy) is 2. The van der Waals surface area contributed by atoms with E-state index < -0.39 is 0 Å². The molecule has 8 nitrogen and oxygen atoms in total. The second-order valence-electron chi connectivity index (χ2n) is 7.49. The summed E-state index contributed by atoms with van der Waals surface area (Å²) in [4.78, 5) is 31.9. The van der Waals surface area contributed by atoms with Gasteiger partial charge in [-0.15, -0.1) is 0 Å². The zero-order valence-corrected chi connectivity index (χ0v) is 17.7. The minimum atomic E-state index is -0.257. The molecule has 3 aromatic rings. The van der Waals surface area contributed by atoms with Gasteiger partial charge >= 0.3 is 0 Å². The second-order valence-corrected chi connectivity index (χ2v) is 7.49. The maximum Gasteiger partial charge on any atom is 0.270 e. The number of carbonyl (C=O) groups excluding carboxylic acids is 2. The van der Waals surface area contributed by atoms with Gasteiger partial charge in [0.15, 0.2) is 0 Å². The van der Waals surface area contributed by atoms with Crippen molar-refractivity contribution in [2.75, 3.05) is 57.2 Å². The maximum atomic E-state index is 12.7. The van der Waals surface area contributed by atoms with E-state index in [0.29, 0.717) is 17.1 Å². The molecule has 1 aromatic heterocycles. The maximum absolute atomic E-state index is 12.7. The lowest BCUT2D eigenvalue weighted by Crippen LogP contribution is -2.36. The number of methoxy groups -OCH3 is 1. The Morgan fingerprint density at radius 2 is 1.87 bits per heavy atom. The minimum absolute atomic E-state index is 0.0528. The van der Waals surface area contributed by atoms with Crippen molar-refractivity contribution in [3.63, 3.8) is 0 Å². The van der Waals surface area contributed by atoms with Crippen LogP contribution in [-0.4, -0.2) is 68.7 Å². The smallest absolute Gasteiger partial charge is 0.270 e. The van der Waals surface area contributed by atoms with Crippen molar-refractivity contribution in [1.29, 1.82) is 0 Å². The van der Waals surface area contributed by atoms with Crippen LogP contribution in [0.5, 0.6) is 5.75 Å². The van der Waals surface area contributed by atoms with Crippen LogP contribution in [0.2, 0.25) is 0 Å². The van der Waals surface area contributed by atoms with E-state index in [1.54, 1.807) is 20.2 Å². The first-order valence-electron chi connectivity index (χ1n) is 10.2. The first kappa shape index (κ1) is 20.7. The molecule has 0 spiro atoms. The van der Waals surface area contributed by atoms with Crippen LogP contribution in [0.25, 0.3) is 10.9 Å². The van der Waals surface area contributed by atoms with E-state index in [-0.39, 0.29) is 18.4 Å². The first-order valence-corrected chi connectivity index (χ1v) is 10.2. The average molecular weight is 422 g/mol. The molecule has 1 saturated heterocycles. The third-order valence-corrected chi connectivity index (χ3v) is 5.31. The molecule has 162 valence electrons. The number of aromatic amines is 1. The predicted octanol–water partition coefficient (Wildman–Crippen LogP) is 2.72. The van der Waals surface area contributed by atoms with Crippen molar-refractivity contribution in [2.24, 2.45) is 0 Å². The number of carbonyl (C=O) groups is 2. The Balaban J connectivity index is 1.35. The second kappa shape index (κ2) is 9.09. The highest BCUT2D eigenvalue weighted by Gasteiger charge is 2.18. The van der Waals surface area contributed by atoms with Gasteiger partial charge in [0, 0.05) is 48.5 Å². The van der Waals surface area contributed by atoms with Crippen LogP contribution in [0.15, 0.2) is 48.5 Å². The van der Waals surface area contributed by atoms with Crippen LogP contribution in [0.1, 0.15) is 10.5 Å². The summed E-state index contributed by atoms with van der Waals surface area (Å²) in [7, 11) is 3.20. The van der Waals surface area contributed by atoms with Crippen LogP contribution in [-0.2, 0) is 9.53 Å². The Hall–Kier alpha value is -3.52. The third-order valence-electron chi connectivity index (χ3n) is 5.31. The van der Waals surface area contributed by atoms with Crippen molar-refractivity contribution < 1.29 is 19.1 Å². The largest absolute Gasteiger partial charge is 0.497 e. The molecule has 1 fully saturated rings. The number of H-pyrrole nitrogens is 1. The normalized spacial score (nSPS) is 13.8. The molecule has 0 radical (unpaired) electrons. The Kier molecular flexibility index (Phi) is 6.08. The number of hydrogen-bond acceptors (Lipinski definition) is 5. The Labute approximate surface area is 180 Å². The fourth-order valence-corrected chi connectivity index (χ4v) is 3.62. The van der Waals surface area contributed by atoms with Crippen molar-refractivity contribution >= 4 is 34.1 Å². The number of anilines is 2. The third kappa shape index (κ3) is 4.80. The first-order chi connectivity index (χ1) is 15.0. The van der Waals surface area contributed by atoms with Crippen LogP contribution < -0.4 is 15.0 Å². The van der Waals surface area contributed by atoms with Gasteiger partial charge in [-0.25, -0.2) is 0 Å². The predicted molar refractivity (Wildman–Crippen MR) is 120 cm³/mol. The lowest BCUT2D eigenvalue weighted by molar-refractivity contribution is -0.116. The Morgan fingerprint density at radius 1 is 1.13 bits per heavy atom. The number of rotatable bonds is 6. The number of morpholine rings is 1. The highest BCUT2D eigenvalue weighted by Crippen LogP contribution is 2.22. The van der Waals surface area contributed by atoms with Gasteiger partial charge in [0.25, 0.3) is 5.91 Å². The molecule has 0 aliphatic carbocycles. The van der Waals surface area contributed by atoms with Crippen LogP contribution >= 0.6 is 0 Å². The van der Waals surface area contributed by atoms with E-state index in [0.717, 1.165) is 42.9 Å². The average Bonchev–Trinajstić information content (AvgIpc) is 3.22. The van der Waals surface area contributed by atoms with E-state index in [2.05, 4.69) is 15.2 Å². The van der Waals surface area contributed by atoms with Gasteiger partial charge in [-0.1, -0.05) is 0 Å². The van der Waals surface area contributed by atoms with E-state index in [4.69, 9.17) is 9.47 Å². The lowest BCUT2D eigenvalue weighted by Gasteiger charge is -2.28. The zero-order chi connectivity index (χ0) is 21.8. The standard InChI is InChI=1S/C23H26N4O4/c1-26(23(29)21-13-16-3-8-19(30-2)14-20(16)25-21)15-22(28)24-17-4-6-18(7-5-17)27-9-11-31-12-10-27/h3-8,13-14,25H,9-12,15H2,1-2H3,(H,24,28). The minimum Gasteiger partial charge on any atom is -0.497 e. The SMILES string of the molecule is COc1ccc2cc(C(=O)N(C)CC(=O)Nc3ccc(N4CCOCC4)cc3)[nH]c2c1. The van der Waals surface area contributed by atoms with E-state index in [9.17, 15) is 9.59 Å². The van der Waals surface area contributed by atoms with Crippen molar-refractivity contribution in [2.45, 2.75) is 0 Å². The molecule has 1 aliphatic rings. The van der Waals surface area contributed by atoms with E-state index >= 15 is 0 Å². The number of likely N-dealkylation sites (N-methyl/N-ethyl adjacent to an activating group) is 1. The highest BCUT2D eigenvalue weighted by atomic mass is 16.5. The van der Waals surface area contributed by atoms with Gasteiger partial charge in [-0.05, 0) is 42.5 Å². The molecule has 0 unspecified atom stereocenters. The molecule has 2 N–H and O–H groups in total. The van der Waals surface area contributed by atoms with Gasteiger partial charge in [0.05, 0.1) is 26.9 Å². The highest BCUT2D eigenvalue weighted by molar-refractivity contribution is 6.01. The lowest BCUT2D eigenvalue weighted by atomic mass is 10.2. The summed E-state index contributed by atoms with van der Waals surface area (Å²) in [6.07, 6.45) is 0. The van der Waals surface area contributed by atoms with Crippen molar-refractivity contribution in [3.8, 4) is 5.75 Å². The number of fused-ring (bicyclic) bond motifs is 1. The van der Waals surface area contributed by atoms with Crippen molar-refractivity contribution in [3.05, 3.63) is 54.2 Å². The van der Waals surface area contributed by atoms with Crippen LogP contribution in [0.3, 0.4) is 0 Å². The number of aromatic nitrogens is 1. The molecule has 0 saturated carbocycles. The van der Waals surface area contributed by atoms with Gasteiger partial charge < -0.3 is 29.6 Å². The molecule has 1 aliphatic heterocycles. The van der Waals surface area contributed by atoms with Crippen LogP contribution in [0.4, 0.5) is 11.4 Å². The number of benzene rings is 2. The summed E-state index contributed by atoms with van der Waals surface area (Å²) < 4.78 is 10.6. The monoisotopic (exact) mass is 422 g/mol. The summed E-state index contributed by atoms with van der Waals surface area (Å²) in [5, 5.41) is 3.75. The van der Waals surface area contributed by atoms with E-state index in [1.807, 2.05) is 42.5 Å². The summed E-state index contributed by atoms with van der Waals surface area (Å²) >= 11 is 0. The summed E-state index contributed by atoms with van der Waals surface area (Å²) in [5.74, 6) is 0.196. The fraction of sp³-hybridized carbons (Fsp3) is 0.304. The van der Waals surface area contributed by atoms with Gasteiger partial charge in [-0.2, -0.15) is 0 Å². The van der Waals surface area contributed by atoms with Gasteiger partial charge in [-0.3, -0.25) is 9.59 Å². The van der Waals surface area contributed by atoms with Crippen LogP contribution in [0, 0.1) is 0 Å². The molecule has 2 aromatic carbocycles. The number of amides is 2. The Bertz CT molecular complexity index is 1070. The molecule has 2 heterocycles. The quantitative estimate of drug-likeness (QED) is 0.638. The fourth-order valence-electron chi connectivity index (χ4n) is 3.62. The van der Waals surface area contributed by atoms with E-state index in [1.165, 1.54) is 4.90 Å². The molecule has 0 bridgehead atoms. The van der Waals surface area contributed by atoms with Gasteiger partial charge in [0.1, 0.15) is 11.4 Å². The molecule has 2 amide bonds. The topological polar surface area (TPSA) is 86.9 Å². The Morgan fingerprint density at radius 3 is 2.58 bits per heavy atom. The summed E-state index contributed by atoms with van der Waals surface area (Å²) in [6.45, 7) is 3.12. The van der Waals surface area contributed by atoms with Gasteiger partial charge in [0.2, 0.25) is 5.91 Å². The molecule has 4 rings (SSSR count). The number of nitrogens with zero attached hydrogens (tertiary/aromatic N) is 2. The molecular weight excluding hydrogens is 396 g/mol. The summed E-state index contributed by atoms with van der Waals surface area (Å²) in [6, 6.07) is 15.0. The number of nitrogens with one attached hydrogen (secondary N) is 2. The van der Waals surface area contributed by atoms with Crippen molar-refractivity contribution in [1.82, 2.24) is 9.88 Å².